The molecule has 0 spiro atoms. The first kappa shape index (κ1) is 16.8. The molecule has 3 N–H and O–H groups in total. The van der Waals surface area contributed by atoms with Crippen molar-refractivity contribution in [3.63, 3.8) is 0 Å². The molecule has 0 radical (unpaired) electrons. The standard InChI is InChI=1S/C17H26N2O3/c1-18-16(20)12-22-15-8-4-3-7-14(15)11-19-13-17(21)9-5-2-6-10-17/h3-4,7-8,19,21H,2,5-6,9-13H2,1H3,(H,18,20). The van der Waals surface area contributed by atoms with Crippen LogP contribution in [-0.2, 0) is 11.3 Å². The Labute approximate surface area is 132 Å². The van der Waals surface area contributed by atoms with Crippen molar-refractivity contribution >= 4 is 5.91 Å². The van der Waals surface area contributed by atoms with Gasteiger partial charge in [-0.3, -0.25) is 4.79 Å². The second-order valence-corrected chi connectivity index (χ2v) is 5.96. The number of nitrogens with one attached hydrogen (secondary N) is 2. The lowest BCUT2D eigenvalue weighted by Gasteiger charge is -2.32. The summed E-state index contributed by atoms with van der Waals surface area (Å²) in [5, 5.41) is 16.3. The molecule has 22 heavy (non-hydrogen) atoms. The van der Waals surface area contributed by atoms with E-state index in [0.717, 1.165) is 31.2 Å². The van der Waals surface area contributed by atoms with Crippen molar-refractivity contribution in [3.8, 4) is 5.75 Å². The number of aliphatic hydroxyl groups is 1. The minimum atomic E-state index is -0.573. The molecule has 5 heteroatoms. The fourth-order valence-corrected chi connectivity index (χ4v) is 2.82. The number of rotatable bonds is 7. The van der Waals surface area contributed by atoms with Gasteiger partial charge in [-0.2, -0.15) is 0 Å². The maximum absolute atomic E-state index is 11.3. The molecule has 0 saturated heterocycles. The van der Waals surface area contributed by atoms with Crippen LogP contribution in [0.2, 0.25) is 0 Å². The van der Waals surface area contributed by atoms with E-state index in [1.165, 1.54) is 6.42 Å². The quantitative estimate of drug-likeness (QED) is 0.715. The molecular formula is C17H26N2O3. The van der Waals surface area contributed by atoms with Crippen LogP contribution in [0.15, 0.2) is 24.3 Å². The van der Waals surface area contributed by atoms with E-state index in [2.05, 4.69) is 10.6 Å². The van der Waals surface area contributed by atoms with E-state index in [4.69, 9.17) is 4.74 Å². The number of carbonyl (C=O) groups is 1. The Kier molecular flexibility index (Phi) is 6.21. The average Bonchev–Trinajstić information content (AvgIpc) is 2.54. The predicted molar refractivity (Wildman–Crippen MR) is 85.7 cm³/mol. The van der Waals surface area contributed by atoms with Gasteiger partial charge in [0, 0.05) is 25.7 Å². The average molecular weight is 306 g/mol. The van der Waals surface area contributed by atoms with E-state index < -0.39 is 5.60 Å². The molecule has 0 unspecified atom stereocenters. The van der Waals surface area contributed by atoms with Gasteiger partial charge in [-0.25, -0.2) is 0 Å². The second kappa shape index (κ2) is 8.15. The minimum Gasteiger partial charge on any atom is -0.483 e. The van der Waals surface area contributed by atoms with Gasteiger partial charge in [-0.1, -0.05) is 37.5 Å². The third kappa shape index (κ3) is 5.00. The maximum Gasteiger partial charge on any atom is 0.257 e. The predicted octanol–water partition coefficient (Wildman–Crippen LogP) is 1.60. The molecule has 0 atom stereocenters. The van der Waals surface area contributed by atoms with Crippen LogP contribution in [0.5, 0.6) is 5.75 Å². The van der Waals surface area contributed by atoms with Gasteiger partial charge in [0.25, 0.3) is 5.91 Å². The highest BCUT2D eigenvalue weighted by atomic mass is 16.5. The molecule has 1 aromatic carbocycles. The maximum atomic E-state index is 11.3. The summed E-state index contributed by atoms with van der Waals surface area (Å²) in [6.45, 7) is 1.22. The van der Waals surface area contributed by atoms with Crippen LogP contribution in [0.25, 0.3) is 0 Å². The van der Waals surface area contributed by atoms with Crippen LogP contribution in [0.4, 0.5) is 0 Å². The molecular weight excluding hydrogens is 280 g/mol. The molecule has 1 saturated carbocycles. The zero-order valence-electron chi connectivity index (χ0n) is 13.2. The fraction of sp³-hybridized carbons (Fsp3) is 0.588. The van der Waals surface area contributed by atoms with Crippen molar-refractivity contribution in [2.24, 2.45) is 0 Å². The van der Waals surface area contributed by atoms with Gasteiger partial charge in [0.1, 0.15) is 5.75 Å². The molecule has 5 nitrogen and oxygen atoms in total. The van der Waals surface area contributed by atoms with E-state index in [0.29, 0.717) is 18.8 Å². The summed E-state index contributed by atoms with van der Waals surface area (Å²) in [4.78, 5) is 11.3. The van der Waals surface area contributed by atoms with Crippen molar-refractivity contribution < 1.29 is 14.6 Å². The van der Waals surface area contributed by atoms with Crippen LogP contribution in [0.3, 0.4) is 0 Å². The van der Waals surface area contributed by atoms with Crippen LogP contribution in [0, 0.1) is 0 Å². The van der Waals surface area contributed by atoms with Gasteiger partial charge in [-0.05, 0) is 18.9 Å². The third-order valence-electron chi connectivity index (χ3n) is 4.16. The van der Waals surface area contributed by atoms with E-state index in [1.807, 2.05) is 24.3 Å². The van der Waals surface area contributed by atoms with E-state index in [9.17, 15) is 9.90 Å². The largest absolute Gasteiger partial charge is 0.483 e. The van der Waals surface area contributed by atoms with Crippen molar-refractivity contribution in [1.82, 2.24) is 10.6 Å². The van der Waals surface area contributed by atoms with Crippen LogP contribution in [-0.4, -0.2) is 36.8 Å². The molecule has 0 bridgehead atoms. The number of amides is 1. The van der Waals surface area contributed by atoms with Crippen LogP contribution >= 0.6 is 0 Å². The van der Waals surface area contributed by atoms with Gasteiger partial charge in [-0.15, -0.1) is 0 Å². The second-order valence-electron chi connectivity index (χ2n) is 5.96. The number of benzene rings is 1. The van der Waals surface area contributed by atoms with Crippen molar-refractivity contribution in [3.05, 3.63) is 29.8 Å². The molecule has 1 aliphatic carbocycles. The number of likely N-dealkylation sites (N-methyl/N-ethyl adjacent to an activating group) is 1. The fourth-order valence-electron chi connectivity index (χ4n) is 2.82. The number of carbonyl (C=O) groups excluding carboxylic acids is 1. The highest BCUT2D eigenvalue weighted by Crippen LogP contribution is 2.27. The number of hydrogen-bond donors (Lipinski definition) is 3. The lowest BCUT2D eigenvalue weighted by atomic mass is 9.85. The summed E-state index contributed by atoms with van der Waals surface area (Å²) < 4.78 is 5.54. The van der Waals surface area contributed by atoms with Crippen LogP contribution < -0.4 is 15.4 Å². The molecule has 1 amide bonds. The Balaban J connectivity index is 1.85. The topological polar surface area (TPSA) is 70.6 Å². The first-order chi connectivity index (χ1) is 10.6. The molecule has 122 valence electrons. The first-order valence-electron chi connectivity index (χ1n) is 7.97. The number of para-hydroxylation sites is 1. The number of ether oxygens (including phenoxy) is 1. The Bertz CT molecular complexity index is 485. The molecule has 1 fully saturated rings. The summed E-state index contributed by atoms with van der Waals surface area (Å²) in [7, 11) is 1.59. The minimum absolute atomic E-state index is 0.0114. The smallest absolute Gasteiger partial charge is 0.257 e. The first-order valence-corrected chi connectivity index (χ1v) is 7.97. The summed E-state index contributed by atoms with van der Waals surface area (Å²) >= 11 is 0. The monoisotopic (exact) mass is 306 g/mol. The Hall–Kier alpha value is -1.59. The SMILES string of the molecule is CNC(=O)COc1ccccc1CNCC1(O)CCCCC1. The van der Waals surface area contributed by atoms with Gasteiger partial charge in [0.2, 0.25) is 0 Å². The van der Waals surface area contributed by atoms with Gasteiger partial charge < -0.3 is 20.5 Å². The van der Waals surface area contributed by atoms with E-state index >= 15 is 0 Å². The summed E-state index contributed by atoms with van der Waals surface area (Å²) in [6.07, 6.45) is 5.16. The van der Waals surface area contributed by atoms with E-state index in [1.54, 1.807) is 7.05 Å². The van der Waals surface area contributed by atoms with Crippen molar-refractivity contribution in [2.45, 2.75) is 44.2 Å². The van der Waals surface area contributed by atoms with Crippen molar-refractivity contribution in [2.75, 3.05) is 20.2 Å². The highest BCUT2D eigenvalue weighted by molar-refractivity contribution is 5.77. The molecule has 2 rings (SSSR count). The molecule has 0 aliphatic heterocycles. The van der Waals surface area contributed by atoms with Gasteiger partial charge in [0.15, 0.2) is 6.61 Å². The Morgan fingerprint density at radius 3 is 2.73 bits per heavy atom. The zero-order valence-corrected chi connectivity index (χ0v) is 13.2. The summed E-state index contributed by atoms with van der Waals surface area (Å²) in [5.41, 5.74) is 0.418. The van der Waals surface area contributed by atoms with Crippen molar-refractivity contribution in [1.29, 1.82) is 0 Å². The van der Waals surface area contributed by atoms with Crippen LogP contribution in [0.1, 0.15) is 37.7 Å². The number of hydrogen-bond acceptors (Lipinski definition) is 4. The van der Waals surface area contributed by atoms with Gasteiger partial charge in [0.05, 0.1) is 5.60 Å². The molecule has 1 aliphatic rings. The zero-order chi connectivity index (χ0) is 15.8. The molecule has 0 aromatic heterocycles. The molecule has 1 aromatic rings. The highest BCUT2D eigenvalue weighted by Gasteiger charge is 2.28. The lowest BCUT2D eigenvalue weighted by Crippen LogP contribution is -2.41. The Morgan fingerprint density at radius 2 is 2.00 bits per heavy atom. The summed E-state index contributed by atoms with van der Waals surface area (Å²) in [6, 6.07) is 7.66. The third-order valence-corrected chi connectivity index (χ3v) is 4.16. The normalized spacial score (nSPS) is 17.0. The summed E-state index contributed by atoms with van der Waals surface area (Å²) in [5.74, 6) is 0.550. The Morgan fingerprint density at radius 1 is 1.27 bits per heavy atom. The van der Waals surface area contributed by atoms with E-state index in [-0.39, 0.29) is 12.5 Å². The van der Waals surface area contributed by atoms with Gasteiger partial charge >= 0.3 is 0 Å². The molecule has 0 heterocycles. The lowest BCUT2D eigenvalue weighted by molar-refractivity contribution is -0.122.